The highest BCUT2D eigenvalue weighted by atomic mass is 32.2. The highest BCUT2D eigenvalue weighted by Crippen LogP contribution is 2.19. The van der Waals surface area contributed by atoms with E-state index in [1.165, 1.54) is 5.56 Å². The molecule has 0 bridgehead atoms. The fourth-order valence-corrected chi connectivity index (χ4v) is 2.28. The highest BCUT2D eigenvalue weighted by Gasteiger charge is 2.14. The first-order valence-corrected chi connectivity index (χ1v) is 5.71. The third-order valence-electron chi connectivity index (χ3n) is 2.05. The van der Waals surface area contributed by atoms with Crippen molar-refractivity contribution >= 4 is 17.7 Å². The summed E-state index contributed by atoms with van der Waals surface area (Å²) < 4.78 is 0. The molecule has 0 heterocycles. The van der Waals surface area contributed by atoms with Crippen LogP contribution in [0.4, 0.5) is 0 Å². The zero-order valence-electron chi connectivity index (χ0n) is 8.86. The molecule has 0 radical (unpaired) electrons. The maximum Gasteiger partial charge on any atom is 0.321 e. The van der Waals surface area contributed by atoms with Crippen molar-refractivity contribution in [2.75, 3.05) is 12.8 Å². The van der Waals surface area contributed by atoms with Crippen LogP contribution in [-0.4, -0.2) is 29.9 Å². The van der Waals surface area contributed by atoms with Gasteiger partial charge in [-0.25, -0.2) is 0 Å². The summed E-state index contributed by atoms with van der Waals surface area (Å²) in [6.45, 7) is 2.02. The van der Waals surface area contributed by atoms with E-state index in [2.05, 4.69) is 11.4 Å². The monoisotopic (exact) mass is 225 g/mol. The molecule has 1 aromatic rings. The number of carboxylic acids is 1. The number of rotatable bonds is 5. The second-order valence-corrected chi connectivity index (χ2v) is 4.40. The van der Waals surface area contributed by atoms with Crippen molar-refractivity contribution in [1.29, 1.82) is 0 Å². The predicted octanol–water partition coefficient (Wildman–Crippen LogP) is 1.76. The minimum absolute atomic E-state index is 0.490. The fourth-order valence-electron chi connectivity index (χ4n) is 1.16. The van der Waals surface area contributed by atoms with E-state index in [0.717, 1.165) is 4.90 Å². The molecule has 0 saturated carbocycles. The van der Waals surface area contributed by atoms with E-state index in [9.17, 15) is 4.79 Å². The topological polar surface area (TPSA) is 49.3 Å². The smallest absolute Gasteiger partial charge is 0.321 e. The Morgan fingerprint density at radius 1 is 1.60 bits per heavy atom. The van der Waals surface area contributed by atoms with E-state index in [1.54, 1.807) is 18.8 Å². The molecule has 1 rings (SSSR count). The summed E-state index contributed by atoms with van der Waals surface area (Å²) in [6.07, 6.45) is 0. The Hall–Kier alpha value is -1.00. The van der Waals surface area contributed by atoms with Crippen LogP contribution in [0, 0.1) is 6.92 Å². The summed E-state index contributed by atoms with van der Waals surface area (Å²) >= 11 is 1.55. The third kappa shape index (κ3) is 3.93. The van der Waals surface area contributed by atoms with Crippen LogP contribution in [-0.2, 0) is 4.79 Å². The van der Waals surface area contributed by atoms with Crippen molar-refractivity contribution in [1.82, 2.24) is 5.32 Å². The molecule has 0 spiro atoms. The molecule has 0 saturated heterocycles. The average Bonchev–Trinajstić information content (AvgIpc) is 2.18. The number of hydrogen-bond donors (Lipinski definition) is 2. The summed E-state index contributed by atoms with van der Waals surface area (Å²) in [4.78, 5) is 11.9. The highest BCUT2D eigenvalue weighted by molar-refractivity contribution is 7.99. The number of nitrogens with one attached hydrogen (secondary N) is 1. The van der Waals surface area contributed by atoms with Gasteiger partial charge >= 0.3 is 5.97 Å². The minimum atomic E-state index is -0.808. The number of hydrogen-bond acceptors (Lipinski definition) is 3. The van der Waals surface area contributed by atoms with E-state index < -0.39 is 12.0 Å². The van der Waals surface area contributed by atoms with Gasteiger partial charge in [-0.15, -0.1) is 11.8 Å². The number of benzene rings is 1. The quantitative estimate of drug-likeness (QED) is 0.750. The summed E-state index contributed by atoms with van der Waals surface area (Å²) in [5.74, 6) is -0.271. The Kier molecular flexibility index (Phi) is 4.65. The number of aliphatic carboxylic acids is 1. The summed E-state index contributed by atoms with van der Waals surface area (Å²) in [6, 6.07) is 7.56. The number of aryl methyl sites for hydroxylation is 1. The minimum Gasteiger partial charge on any atom is -0.480 e. The first-order valence-electron chi connectivity index (χ1n) is 4.73. The Labute approximate surface area is 93.9 Å². The van der Waals surface area contributed by atoms with Gasteiger partial charge in [0.1, 0.15) is 6.04 Å². The molecule has 0 aromatic heterocycles. The molecule has 4 heteroatoms. The van der Waals surface area contributed by atoms with Gasteiger partial charge < -0.3 is 10.4 Å². The van der Waals surface area contributed by atoms with Crippen LogP contribution in [0.25, 0.3) is 0 Å². The Balaban J connectivity index is 2.52. The standard InChI is InChI=1S/C11H15NO2S/c1-8-4-3-5-9(6-8)15-7-10(12-2)11(13)14/h3-6,10,12H,7H2,1-2H3,(H,13,14). The van der Waals surface area contributed by atoms with Crippen LogP contribution in [0.5, 0.6) is 0 Å². The van der Waals surface area contributed by atoms with Crippen LogP contribution in [0.1, 0.15) is 5.56 Å². The molecule has 0 amide bonds. The normalized spacial score (nSPS) is 12.4. The van der Waals surface area contributed by atoms with Gasteiger partial charge in [0.2, 0.25) is 0 Å². The van der Waals surface area contributed by atoms with Crippen molar-refractivity contribution in [2.45, 2.75) is 17.9 Å². The molecule has 0 aliphatic carbocycles. The number of carbonyl (C=O) groups is 1. The second kappa shape index (κ2) is 5.78. The molecule has 0 aliphatic rings. The van der Waals surface area contributed by atoms with E-state index in [0.29, 0.717) is 5.75 Å². The van der Waals surface area contributed by atoms with E-state index in [1.807, 2.05) is 25.1 Å². The number of thioether (sulfide) groups is 1. The molecule has 0 fully saturated rings. The number of carboxylic acid groups (broad SMARTS) is 1. The van der Waals surface area contributed by atoms with Crippen LogP contribution in [0.2, 0.25) is 0 Å². The van der Waals surface area contributed by atoms with Gasteiger partial charge in [-0.1, -0.05) is 17.7 Å². The first kappa shape index (κ1) is 12.1. The summed E-state index contributed by atoms with van der Waals surface area (Å²) in [5.41, 5.74) is 1.19. The molecular weight excluding hydrogens is 210 g/mol. The molecular formula is C11H15NO2S. The van der Waals surface area contributed by atoms with Gasteiger partial charge in [0.05, 0.1) is 0 Å². The summed E-state index contributed by atoms with van der Waals surface area (Å²) in [7, 11) is 1.66. The van der Waals surface area contributed by atoms with E-state index in [4.69, 9.17) is 5.11 Å². The lowest BCUT2D eigenvalue weighted by atomic mass is 10.2. The lowest BCUT2D eigenvalue weighted by Crippen LogP contribution is -2.35. The first-order chi connectivity index (χ1) is 7.13. The Morgan fingerprint density at radius 2 is 2.33 bits per heavy atom. The molecule has 0 aliphatic heterocycles. The van der Waals surface area contributed by atoms with Crippen molar-refractivity contribution in [3.63, 3.8) is 0 Å². The summed E-state index contributed by atoms with van der Waals surface area (Å²) in [5, 5.41) is 11.6. The van der Waals surface area contributed by atoms with Crippen LogP contribution < -0.4 is 5.32 Å². The Morgan fingerprint density at radius 3 is 2.87 bits per heavy atom. The zero-order valence-corrected chi connectivity index (χ0v) is 9.67. The predicted molar refractivity (Wildman–Crippen MR) is 62.4 cm³/mol. The van der Waals surface area contributed by atoms with E-state index in [-0.39, 0.29) is 0 Å². The maximum absolute atomic E-state index is 10.7. The third-order valence-corrected chi connectivity index (χ3v) is 3.14. The van der Waals surface area contributed by atoms with Gasteiger partial charge in [0.15, 0.2) is 0 Å². The fraction of sp³-hybridized carbons (Fsp3) is 0.364. The maximum atomic E-state index is 10.7. The molecule has 1 unspecified atom stereocenters. The van der Waals surface area contributed by atoms with Crippen molar-refractivity contribution in [3.05, 3.63) is 29.8 Å². The van der Waals surface area contributed by atoms with Gasteiger partial charge in [-0.05, 0) is 26.1 Å². The zero-order chi connectivity index (χ0) is 11.3. The second-order valence-electron chi connectivity index (χ2n) is 3.31. The van der Waals surface area contributed by atoms with Crippen LogP contribution >= 0.6 is 11.8 Å². The van der Waals surface area contributed by atoms with Crippen LogP contribution in [0.15, 0.2) is 29.2 Å². The van der Waals surface area contributed by atoms with Gasteiger partial charge in [-0.3, -0.25) is 4.79 Å². The molecule has 15 heavy (non-hydrogen) atoms. The molecule has 82 valence electrons. The molecule has 1 atom stereocenters. The average molecular weight is 225 g/mol. The van der Waals surface area contributed by atoms with Gasteiger partial charge in [-0.2, -0.15) is 0 Å². The van der Waals surface area contributed by atoms with E-state index >= 15 is 0 Å². The lowest BCUT2D eigenvalue weighted by Gasteiger charge is -2.10. The van der Waals surface area contributed by atoms with Crippen molar-refractivity contribution < 1.29 is 9.90 Å². The molecule has 1 aromatic carbocycles. The van der Waals surface area contributed by atoms with Crippen LogP contribution in [0.3, 0.4) is 0 Å². The molecule has 2 N–H and O–H groups in total. The lowest BCUT2D eigenvalue weighted by molar-refractivity contribution is -0.138. The SMILES string of the molecule is CNC(CSc1cccc(C)c1)C(=O)O. The molecule has 3 nitrogen and oxygen atoms in total. The number of likely N-dealkylation sites (N-methyl/N-ethyl adjacent to an activating group) is 1. The Bertz CT molecular complexity index is 341. The van der Waals surface area contributed by atoms with Gasteiger partial charge in [0.25, 0.3) is 0 Å². The van der Waals surface area contributed by atoms with Gasteiger partial charge in [0, 0.05) is 10.6 Å². The van der Waals surface area contributed by atoms with Crippen molar-refractivity contribution in [2.24, 2.45) is 0 Å². The largest absolute Gasteiger partial charge is 0.480 e. The van der Waals surface area contributed by atoms with Crippen molar-refractivity contribution in [3.8, 4) is 0 Å².